The third kappa shape index (κ3) is 5.10. The monoisotopic (exact) mass is 491 g/mol. The van der Waals surface area contributed by atoms with Gasteiger partial charge in [-0.1, -0.05) is 19.6 Å². The number of likely N-dealkylation sites (tertiary alicyclic amines) is 1. The van der Waals surface area contributed by atoms with E-state index in [1.54, 1.807) is 24.1 Å². The molecule has 7 nitrogen and oxygen atoms in total. The lowest BCUT2D eigenvalue weighted by Gasteiger charge is -2.23. The summed E-state index contributed by atoms with van der Waals surface area (Å²) in [5.74, 6) is -0.463. The number of anilines is 1. The lowest BCUT2D eigenvalue weighted by molar-refractivity contribution is -0.125. The smallest absolute Gasteiger partial charge is 0.245 e. The van der Waals surface area contributed by atoms with Crippen molar-refractivity contribution >= 4 is 17.4 Å². The quantitative estimate of drug-likeness (QED) is 0.381. The largest absolute Gasteiger partial charge is 0.457 e. The van der Waals surface area contributed by atoms with E-state index >= 15 is 4.39 Å². The van der Waals surface area contributed by atoms with Gasteiger partial charge in [0.05, 0.1) is 17.0 Å². The molecule has 1 aliphatic heterocycles. The maximum Gasteiger partial charge on any atom is 0.245 e. The van der Waals surface area contributed by atoms with Crippen LogP contribution >= 0.6 is 0 Å². The highest BCUT2D eigenvalue weighted by atomic mass is 19.1. The average Bonchev–Trinajstić information content (AvgIpc) is 3.36. The Morgan fingerprint density at radius 2 is 2.03 bits per heavy atom. The maximum atomic E-state index is 15.3. The Bertz CT molecular complexity index is 1330. The molecule has 2 N–H and O–H groups in total. The molecule has 1 fully saturated rings. The molecule has 4 rings (SSSR count). The second kappa shape index (κ2) is 10.6. The Kier molecular flexibility index (Phi) is 7.38. The fourth-order valence-corrected chi connectivity index (χ4v) is 4.53. The van der Waals surface area contributed by atoms with Gasteiger partial charge in [-0.15, -0.1) is 0 Å². The molecule has 0 bridgehead atoms. The van der Waals surface area contributed by atoms with Crippen LogP contribution in [0.5, 0.6) is 11.5 Å². The van der Waals surface area contributed by atoms with E-state index in [0.29, 0.717) is 30.1 Å². The van der Waals surface area contributed by atoms with E-state index in [0.717, 1.165) is 6.42 Å². The Morgan fingerprint density at radius 1 is 1.25 bits per heavy atom. The fourth-order valence-electron chi connectivity index (χ4n) is 4.53. The van der Waals surface area contributed by atoms with Crippen LogP contribution in [0.2, 0.25) is 0 Å². The van der Waals surface area contributed by atoms with Gasteiger partial charge in [0.25, 0.3) is 0 Å². The van der Waals surface area contributed by atoms with E-state index in [1.165, 1.54) is 42.7 Å². The van der Waals surface area contributed by atoms with Crippen LogP contribution in [0, 0.1) is 17.6 Å². The Labute approximate surface area is 208 Å². The summed E-state index contributed by atoms with van der Waals surface area (Å²) < 4.78 is 34.4. The summed E-state index contributed by atoms with van der Waals surface area (Å²) in [5.41, 5.74) is 7.88. The van der Waals surface area contributed by atoms with Crippen LogP contribution in [0.4, 0.5) is 14.6 Å². The van der Waals surface area contributed by atoms with Crippen molar-refractivity contribution in [1.29, 1.82) is 0 Å². The van der Waals surface area contributed by atoms with Crippen molar-refractivity contribution in [2.75, 3.05) is 25.9 Å². The molecule has 0 spiro atoms. The molecular weight excluding hydrogens is 464 g/mol. The van der Waals surface area contributed by atoms with Crippen LogP contribution in [-0.4, -0.2) is 46.6 Å². The molecule has 186 valence electrons. The molecule has 2 atom stereocenters. The van der Waals surface area contributed by atoms with Gasteiger partial charge in [0.15, 0.2) is 0 Å². The first-order valence-corrected chi connectivity index (χ1v) is 11.5. The van der Waals surface area contributed by atoms with Crippen molar-refractivity contribution in [1.82, 2.24) is 14.9 Å². The van der Waals surface area contributed by atoms with Gasteiger partial charge in [-0.2, -0.15) is 0 Å². The van der Waals surface area contributed by atoms with Crippen LogP contribution < -0.4 is 10.5 Å². The molecule has 0 aliphatic carbocycles. The number of nitrogens with zero attached hydrogens (tertiary/aromatic N) is 4. The first kappa shape index (κ1) is 25.0. The van der Waals surface area contributed by atoms with E-state index in [4.69, 9.17) is 10.5 Å². The number of rotatable bonds is 7. The Balaban J connectivity index is 1.65. The molecule has 1 amide bonds. The van der Waals surface area contributed by atoms with Crippen LogP contribution in [-0.2, 0) is 4.79 Å². The number of halogens is 2. The average molecular weight is 492 g/mol. The fraction of sp³-hybridized carbons (Fsp3) is 0.259. The molecule has 0 saturated carbocycles. The minimum absolute atomic E-state index is 0.0942. The number of ether oxygens (including phenoxy) is 1. The summed E-state index contributed by atoms with van der Waals surface area (Å²) in [7, 11) is 1.55. The molecule has 2 heterocycles. The van der Waals surface area contributed by atoms with Crippen molar-refractivity contribution in [2.24, 2.45) is 10.9 Å². The zero-order valence-corrected chi connectivity index (χ0v) is 20.1. The molecule has 1 aromatic heterocycles. The number of nitrogens with two attached hydrogens (primary N) is 1. The number of nitrogen functional groups attached to an aromatic ring is 1. The number of aromatic nitrogens is 2. The van der Waals surface area contributed by atoms with Gasteiger partial charge in [0.2, 0.25) is 5.91 Å². The zero-order chi connectivity index (χ0) is 25.8. The molecule has 0 radical (unpaired) electrons. The summed E-state index contributed by atoms with van der Waals surface area (Å²) in [6.07, 6.45) is 3.49. The van der Waals surface area contributed by atoms with Crippen molar-refractivity contribution < 1.29 is 18.3 Å². The third-order valence-electron chi connectivity index (χ3n) is 6.44. The topological polar surface area (TPSA) is 93.7 Å². The minimum atomic E-state index is -0.588. The highest BCUT2D eigenvalue weighted by Gasteiger charge is 2.33. The van der Waals surface area contributed by atoms with Crippen molar-refractivity contribution in [3.05, 3.63) is 89.9 Å². The summed E-state index contributed by atoms with van der Waals surface area (Å²) >= 11 is 0. The molecule has 2 unspecified atom stereocenters. The normalized spacial score (nSPS) is 16.6. The Hall–Kier alpha value is -4.14. The summed E-state index contributed by atoms with van der Waals surface area (Å²) in [4.78, 5) is 26.8. The molecule has 9 heteroatoms. The van der Waals surface area contributed by atoms with Gasteiger partial charge >= 0.3 is 0 Å². The van der Waals surface area contributed by atoms with E-state index in [2.05, 4.69) is 21.5 Å². The summed E-state index contributed by atoms with van der Waals surface area (Å²) in [6, 6.07) is 9.93. The van der Waals surface area contributed by atoms with Crippen LogP contribution in [0.1, 0.15) is 36.1 Å². The van der Waals surface area contributed by atoms with Gasteiger partial charge < -0.3 is 15.4 Å². The number of benzene rings is 2. The lowest BCUT2D eigenvalue weighted by atomic mass is 9.86. The standard InChI is InChI=1S/C27H27F2N5O2/c1-4-23(35)34-11-10-17(14-34)16(2)25-24(27(30)33-15-32-25)26(31-3)21-9-8-20(13-22(21)29)36-19-7-5-6-18(28)12-19/h4-9,12-13,15-17H,1,10-11,14H2,2-3H3,(H2,30,32,33). The molecule has 1 saturated heterocycles. The predicted molar refractivity (Wildman–Crippen MR) is 134 cm³/mol. The number of amides is 1. The summed E-state index contributed by atoms with van der Waals surface area (Å²) in [6.45, 7) is 6.77. The first-order chi connectivity index (χ1) is 17.3. The van der Waals surface area contributed by atoms with Crippen LogP contribution in [0.15, 0.2) is 66.4 Å². The highest BCUT2D eigenvalue weighted by molar-refractivity contribution is 6.16. The third-order valence-corrected chi connectivity index (χ3v) is 6.44. The molecule has 1 aliphatic rings. The highest BCUT2D eigenvalue weighted by Crippen LogP contribution is 2.35. The summed E-state index contributed by atoms with van der Waals surface area (Å²) in [5, 5.41) is 0. The van der Waals surface area contributed by atoms with Crippen LogP contribution in [0.25, 0.3) is 0 Å². The van der Waals surface area contributed by atoms with Gasteiger partial charge in [-0.3, -0.25) is 9.79 Å². The SMILES string of the molecule is C=CC(=O)N1CCC(C(C)c2ncnc(N)c2C(=NC)c2ccc(Oc3cccc(F)c3)cc2F)C1. The second-order valence-corrected chi connectivity index (χ2v) is 8.62. The Morgan fingerprint density at radius 3 is 2.72 bits per heavy atom. The zero-order valence-electron chi connectivity index (χ0n) is 20.1. The van der Waals surface area contributed by atoms with Gasteiger partial charge in [-0.05, 0) is 42.7 Å². The van der Waals surface area contributed by atoms with Crippen molar-refractivity contribution in [3.8, 4) is 11.5 Å². The molecule has 3 aromatic rings. The van der Waals surface area contributed by atoms with E-state index in [-0.39, 0.29) is 40.6 Å². The van der Waals surface area contributed by atoms with E-state index in [9.17, 15) is 9.18 Å². The lowest BCUT2D eigenvalue weighted by Crippen LogP contribution is -2.28. The van der Waals surface area contributed by atoms with Crippen molar-refractivity contribution in [2.45, 2.75) is 19.3 Å². The molecule has 2 aromatic carbocycles. The van der Waals surface area contributed by atoms with Gasteiger partial charge in [0, 0.05) is 43.8 Å². The minimum Gasteiger partial charge on any atom is -0.457 e. The second-order valence-electron chi connectivity index (χ2n) is 8.62. The molecule has 36 heavy (non-hydrogen) atoms. The van der Waals surface area contributed by atoms with Crippen LogP contribution in [0.3, 0.4) is 0 Å². The number of aliphatic imine (C=N–C) groups is 1. The predicted octanol–water partition coefficient (Wildman–Crippen LogP) is 4.73. The van der Waals surface area contributed by atoms with Gasteiger partial charge in [-0.25, -0.2) is 18.7 Å². The number of hydrogen-bond donors (Lipinski definition) is 1. The van der Waals surface area contributed by atoms with Gasteiger partial charge in [0.1, 0.15) is 35.3 Å². The van der Waals surface area contributed by atoms with Crippen molar-refractivity contribution in [3.63, 3.8) is 0 Å². The molecular formula is C27H27F2N5O2. The first-order valence-electron chi connectivity index (χ1n) is 11.5. The number of carbonyl (C=O) groups is 1. The maximum absolute atomic E-state index is 15.3. The van der Waals surface area contributed by atoms with E-state index in [1.807, 2.05) is 6.92 Å². The number of hydrogen-bond acceptors (Lipinski definition) is 6. The van der Waals surface area contributed by atoms with E-state index < -0.39 is 11.6 Å². The number of carbonyl (C=O) groups excluding carboxylic acids is 1.